The summed E-state index contributed by atoms with van der Waals surface area (Å²) in [6, 6.07) is 15.6. The molecule has 1 heterocycles. The van der Waals surface area contributed by atoms with Gasteiger partial charge in [-0.3, -0.25) is 0 Å². The lowest BCUT2D eigenvalue weighted by Gasteiger charge is -2.26. The molecule has 0 aromatic heterocycles. The van der Waals surface area contributed by atoms with Crippen LogP contribution in [-0.4, -0.2) is 45.0 Å². The van der Waals surface area contributed by atoms with Gasteiger partial charge < -0.3 is 23.7 Å². The number of ether oxygens (including phenoxy) is 5. The van der Waals surface area contributed by atoms with Crippen molar-refractivity contribution in [2.75, 3.05) is 20.8 Å². The molecule has 2 aromatic rings. The average Bonchev–Trinajstić information content (AvgIpc) is 3.45. The number of methoxy groups -OCH3 is 2. The van der Waals surface area contributed by atoms with E-state index in [2.05, 4.69) is 19.1 Å². The Morgan fingerprint density at radius 3 is 1.95 bits per heavy atom. The van der Waals surface area contributed by atoms with Crippen molar-refractivity contribution in [3.63, 3.8) is 0 Å². The summed E-state index contributed by atoms with van der Waals surface area (Å²) in [6.45, 7) is 2.85. The van der Waals surface area contributed by atoms with Crippen LogP contribution in [0.3, 0.4) is 0 Å². The fraction of sp³-hybridized carbons (Fsp3) is 0.515. The second-order valence-corrected chi connectivity index (χ2v) is 10.7. The van der Waals surface area contributed by atoms with Gasteiger partial charge in [-0.2, -0.15) is 0 Å². The summed E-state index contributed by atoms with van der Waals surface area (Å²) in [5.41, 5.74) is 2.73. The van der Waals surface area contributed by atoms with Gasteiger partial charge in [0.1, 0.15) is 12.4 Å². The van der Waals surface area contributed by atoms with E-state index in [1.807, 2.05) is 48.5 Å². The van der Waals surface area contributed by atoms with Gasteiger partial charge in [-0.05, 0) is 60.8 Å². The summed E-state index contributed by atoms with van der Waals surface area (Å²) < 4.78 is 26.8. The van der Waals surface area contributed by atoms with Crippen LogP contribution in [0.1, 0.15) is 70.1 Å². The summed E-state index contributed by atoms with van der Waals surface area (Å²) in [7, 11) is 2.47. The Morgan fingerprint density at radius 2 is 1.40 bits per heavy atom. The number of allylic oxidation sites excluding steroid dienone is 1. The van der Waals surface area contributed by atoms with Crippen molar-refractivity contribution in [3.05, 3.63) is 66.2 Å². The van der Waals surface area contributed by atoms with Crippen LogP contribution in [0, 0.1) is 11.8 Å². The second kappa shape index (κ2) is 15.0. The van der Waals surface area contributed by atoms with Crippen molar-refractivity contribution in [1.29, 1.82) is 0 Å². The third-order valence-electron chi connectivity index (χ3n) is 7.91. The van der Waals surface area contributed by atoms with Crippen LogP contribution in [0.25, 0.3) is 11.1 Å². The summed E-state index contributed by atoms with van der Waals surface area (Å²) >= 11 is 0. The molecule has 0 radical (unpaired) electrons. The molecule has 1 saturated heterocycles. The number of benzene rings is 2. The van der Waals surface area contributed by atoms with Crippen LogP contribution in [0.2, 0.25) is 0 Å². The highest BCUT2D eigenvalue weighted by Gasteiger charge is 2.47. The summed E-state index contributed by atoms with van der Waals surface area (Å²) in [5, 5.41) is 0. The molecular formula is C33H42O7. The SMILES string of the molecule is CCCCC[C@H]1CC[C@H](/C=C/COc2ccc(-c3ccc(C4O[C@@H](C(=O)OC)[C@H](C(=O)OC)O4)cc3)cc2)CC1. The predicted molar refractivity (Wildman–Crippen MR) is 153 cm³/mol. The molecule has 40 heavy (non-hydrogen) atoms. The van der Waals surface area contributed by atoms with Crippen molar-refractivity contribution in [3.8, 4) is 16.9 Å². The smallest absolute Gasteiger partial charge is 0.338 e. The van der Waals surface area contributed by atoms with Crippen molar-refractivity contribution in [2.24, 2.45) is 11.8 Å². The third kappa shape index (κ3) is 7.95. The van der Waals surface area contributed by atoms with Crippen molar-refractivity contribution in [1.82, 2.24) is 0 Å². The number of hydrogen-bond acceptors (Lipinski definition) is 7. The molecule has 0 bridgehead atoms. The van der Waals surface area contributed by atoms with Crippen LogP contribution < -0.4 is 4.74 Å². The zero-order valence-corrected chi connectivity index (χ0v) is 23.9. The fourth-order valence-electron chi connectivity index (χ4n) is 5.51. The Morgan fingerprint density at radius 1 is 0.825 bits per heavy atom. The van der Waals surface area contributed by atoms with Crippen LogP contribution in [0.15, 0.2) is 60.7 Å². The van der Waals surface area contributed by atoms with E-state index in [1.165, 1.54) is 65.6 Å². The number of carbonyl (C=O) groups excluding carboxylic acids is 2. The molecule has 0 amide bonds. The van der Waals surface area contributed by atoms with Gasteiger partial charge in [-0.15, -0.1) is 0 Å². The van der Waals surface area contributed by atoms with Gasteiger partial charge in [-0.1, -0.05) is 81.2 Å². The monoisotopic (exact) mass is 550 g/mol. The second-order valence-electron chi connectivity index (χ2n) is 10.7. The molecule has 1 saturated carbocycles. The highest BCUT2D eigenvalue weighted by atomic mass is 16.8. The lowest BCUT2D eigenvalue weighted by Crippen LogP contribution is -2.38. The van der Waals surface area contributed by atoms with Gasteiger partial charge in [0.25, 0.3) is 0 Å². The van der Waals surface area contributed by atoms with E-state index in [9.17, 15) is 9.59 Å². The first-order valence-electron chi connectivity index (χ1n) is 14.5. The highest BCUT2D eigenvalue weighted by molar-refractivity contribution is 5.86. The number of hydrogen-bond donors (Lipinski definition) is 0. The number of esters is 2. The Bertz CT molecular complexity index is 1080. The summed E-state index contributed by atoms with van der Waals surface area (Å²) in [6.07, 6.45) is 12.1. The van der Waals surface area contributed by atoms with Crippen LogP contribution >= 0.6 is 0 Å². The minimum absolute atomic E-state index is 0.574. The van der Waals surface area contributed by atoms with Gasteiger partial charge in [0.05, 0.1) is 14.2 Å². The molecule has 7 heteroatoms. The first-order valence-corrected chi connectivity index (χ1v) is 14.5. The lowest BCUT2D eigenvalue weighted by molar-refractivity contribution is -0.160. The van der Waals surface area contributed by atoms with Crippen molar-refractivity contribution >= 4 is 11.9 Å². The molecule has 2 aromatic carbocycles. The van der Waals surface area contributed by atoms with E-state index in [0.717, 1.165) is 22.8 Å². The van der Waals surface area contributed by atoms with Crippen molar-refractivity contribution < 1.29 is 33.3 Å². The first kappa shape index (κ1) is 29.8. The topological polar surface area (TPSA) is 80.3 Å². The van der Waals surface area contributed by atoms with E-state index in [1.54, 1.807) is 0 Å². The number of unbranched alkanes of at least 4 members (excludes halogenated alkanes) is 2. The quantitative estimate of drug-likeness (QED) is 0.163. The molecule has 1 aliphatic carbocycles. The van der Waals surface area contributed by atoms with Crippen molar-refractivity contribution in [2.45, 2.75) is 76.8 Å². The minimum atomic E-state index is -1.18. The van der Waals surface area contributed by atoms with E-state index < -0.39 is 30.4 Å². The van der Waals surface area contributed by atoms with Gasteiger partial charge in [0, 0.05) is 5.56 Å². The zero-order chi connectivity index (χ0) is 28.3. The Hall–Kier alpha value is -3.16. The van der Waals surface area contributed by atoms with E-state index in [0.29, 0.717) is 18.1 Å². The molecule has 216 valence electrons. The third-order valence-corrected chi connectivity index (χ3v) is 7.91. The average molecular weight is 551 g/mol. The minimum Gasteiger partial charge on any atom is -0.490 e. The normalized spacial score (nSPS) is 23.3. The molecule has 0 spiro atoms. The number of carbonyl (C=O) groups is 2. The molecule has 2 atom stereocenters. The van der Waals surface area contributed by atoms with E-state index in [-0.39, 0.29) is 0 Å². The maximum Gasteiger partial charge on any atom is 0.338 e. The van der Waals surface area contributed by atoms with Gasteiger partial charge in [0.15, 0.2) is 18.5 Å². The first-order chi connectivity index (χ1) is 19.5. The molecule has 0 N–H and O–H groups in total. The molecule has 0 unspecified atom stereocenters. The molecule has 2 aliphatic rings. The predicted octanol–water partition coefficient (Wildman–Crippen LogP) is 6.80. The zero-order valence-electron chi connectivity index (χ0n) is 23.9. The van der Waals surface area contributed by atoms with Crippen LogP contribution in [0.5, 0.6) is 5.75 Å². The standard InChI is InChI=1S/C33H42O7/c1-4-5-6-8-23-10-12-24(13-11-23)9-7-22-38-28-20-18-26(19-21-28)25-14-16-27(17-15-25)33-39-29(31(34)36-2)30(40-33)32(35)37-3/h7,9,14-21,23-24,29-30,33H,4-6,8,10-13,22H2,1-3H3/b9-7+/t23-,24-,29-,30-/m1/s1. The van der Waals surface area contributed by atoms with E-state index >= 15 is 0 Å². The van der Waals surface area contributed by atoms with Crippen LogP contribution in [0.4, 0.5) is 0 Å². The Balaban J connectivity index is 1.24. The van der Waals surface area contributed by atoms with Gasteiger partial charge in [0.2, 0.25) is 0 Å². The van der Waals surface area contributed by atoms with Gasteiger partial charge in [-0.25, -0.2) is 9.59 Å². The number of rotatable bonds is 12. The maximum absolute atomic E-state index is 12.0. The summed E-state index contributed by atoms with van der Waals surface area (Å²) in [5.74, 6) is 1.08. The van der Waals surface area contributed by atoms with E-state index in [4.69, 9.17) is 23.7 Å². The maximum atomic E-state index is 12.0. The molecule has 7 nitrogen and oxygen atoms in total. The lowest BCUT2D eigenvalue weighted by atomic mass is 9.79. The largest absolute Gasteiger partial charge is 0.490 e. The molecular weight excluding hydrogens is 508 g/mol. The molecule has 1 aliphatic heterocycles. The fourth-order valence-corrected chi connectivity index (χ4v) is 5.51. The van der Waals surface area contributed by atoms with Crippen LogP contribution in [-0.2, 0) is 28.5 Å². The van der Waals surface area contributed by atoms with Gasteiger partial charge >= 0.3 is 11.9 Å². The Labute approximate surface area is 237 Å². The highest BCUT2D eigenvalue weighted by Crippen LogP contribution is 2.34. The Kier molecular flexibility index (Phi) is 11.2. The molecule has 2 fully saturated rings. The molecule has 4 rings (SSSR count). The summed E-state index contributed by atoms with van der Waals surface area (Å²) in [4.78, 5) is 24.1.